The van der Waals surface area contributed by atoms with E-state index in [0.717, 1.165) is 42.5 Å². The van der Waals surface area contributed by atoms with Gasteiger partial charge in [0.05, 0.1) is 12.2 Å². The van der Waals surface area contributed by atoms with E-state index in [1.807, 2.05) is 0 Å². The van der Waals surface area contributed by atoms with Gasteiger partial charge in [0.1, 0.15) is 11.6 Å². The van der Waals surface area contributed by atoms with Crippen molar-refractivity contribution in [3.63, 3.8) is 0 Å². The first-order valence-electron chi connectivity index (χ1n) is 6.38. The zero-order valence-electron chi connectivity index (χ0n) is 11.1. The van der Waals surface area contributed by atoms with Gasteiger partial charge in [0.15, 0.2) is 0 Å². The smallest absolute Gasteiger partial charge is 0.222 e. The van der Waals surface area contributed by atoms with Crippen LogP contribution in [0.3, 0.4) is 0 Å². The first kappa shape index (κ1) is 12.1. The third-order valence-electron chi connectivity index (χ3n) is 2.74. The highest BCUT2D eigenvalue weighted by Crippen LogP contribution is 2.30. The summed E-state index contributed by atoms with van der Waals surface area (Å²) in [6.07, 6.45) is 2.05. The molecule has 4 heteroatoms. The number of anilines is 1. The Bertz CT molecular complexity index is 402. The molecule has 1 aliphatic rings. The van der Waals surface area contributed by atoms with Crippen molar-refractivity contribution in [2.75, 3.05) is 11.9 Å². The van der Waals surface area contributed by atoms with Crippen LogP contribution in [0.5, 0.6) is 5.88 Å². The molecular formula is C13H21N3O. The zero-order valence-corrected chi connectivity index (χ0v) is 11.1. The van der Waals surface area contributed by atoms with Gasteiger partial charge < -0.3 is 10.1 Å². The van der Waals surface area contributed by atoms with Crippen molar-refractivity contribution >= 4 is 5.82 Å². The van der Waals surface area contributed by atoms with E-state index in [9.17, 15) is 0 Å². The van der Waals surface area contributed by atoms with Crippen LogP contribution in [0.25, 0.3) is 0 Å². The van der Waals surface area contributed by atoms with Gasteiger partial charge in [-0.15, -0.1) is 0 Å². The summed E-state index contributed by atoms with van der Waals surface area (Å²) in [7, 11) is 0. The molecular weight excluding hydrogens is 214 g/mol. The van der Waals surface area contributed by atoms with Gasteiger partial charge in [0.25, 0.3) is 0 Å². The van der Waals surface area contributed by atoms with Gasteiger partial charge >= 0.3 is 0 Å². The molecule has 0 aliphatic carbocycles. The molecule has 94 valence electrons. The van der Waals surface area contributed by atoms with Crippen LogP contribution < -0.4 is 10.1 Å². The molecule has 1 aromatic heterocycles. The molecule has 0 spiro atoms. The van der Waals surface area contributed by atoms with E-state index >= 15 is 0 Å². The molecule has 0 atom stereocenters. The summed E-state index contributed by atoms with van der Waals surface area (Å²) in [6, 6.07) is 0.371. The standard InChI is InChI=1S/C13H21N3O/c1-8(2)11-15-12(14-9(3)4)10-6-5-7-17-13(10)16-11/h8-9H,5-7H2,1-4H3,(H,14,15,16). The Morgan fingerprint density at radius 2 is 1.94 bits per heavy atom. The Kier molecular flexibility index (Phi) is 3.50. The molecule has 0 amide bonds. The molecule has 0 aromatic carbocycles. The fraction of sp³-hybridized carbons (Fsp3) is 0.692. The molecule has 0 radical (unpaired) electrons. The van der Waals surface area contributed by atoms with Gasteiger partial charge in [-0.1, -0.05) is 13.8 Å². The average Bonchev–Trinajstić information content (AvgIpc) is 2.28. The van der Waals surface area contributed by atoms with Gasteiger partial charge in [-0.05, 0) is 26.7 Å². The van der Waals surface area contributed by atoms with E-state index in [1.54, 1.807) is 0 Å². The van der Waals surface area contributed by atoms with E-state index in [2.05, 4.69) is 43.0 Å². The zero-order chi connectivity index (χ0) is 12.4. The van der Waals surface area contributed by atoms with Gasteiger partial charge in [0.2, 0.25) is 5.88 Å². The first-order chi connectivity index (χ1) is 8.08. The fourth-order valence-electron chi connectivity index (χ4n) is 1.89. The number of hydrogen-bond donors (Lipinski definition) is 1. The molecule has 0 saturated heterocycles. The molecule has 1 N–H and O–H groups in total. The highest BCUT2D eigenvalue weighted by atomic mass is 16.5. The quantitative estimate of drug-likeness (QED) is 0.875. The minimum atomic E-state index is 0.318. The van der Waals surface area contributed by atoms with Crippen LogP contribution in [0.1, 0.15) is 51.4 Å². The van der Waals surface area contributed by atoms with Gasteiger partial charge in [0, 0.05) is 12.0 Å². The highest BCUT2D eigenvalue weighted by molar-refractivity contribution is 5.51. The maximum atomic E-state index is 5.65. The minimum absolute atomic E-state index is 0.318. The summed E-state index contributed by atoms with van der Waals surface area (Å²) < 4.78 is 5.65. The van der Waals surface area contributed by atoms with E-state index in [-0.39, 0.29) is 0 Å². The van der Waals surface area contributed by atoms with Crippen LogP contribution in [0.15, 0.2) is 0 Å². The Labute approximate surface area is 103 Å². The molecule has 17 heavy (non-hydrogen) atoms. The second-order valence-electron chi connectivity index (χ2n) is 5.12. The van der Waals surface area contributed by atoms with Gasteiger partial charge in [-0.2, -0.15) is 4.98 Å². The van der Waals surface area contributed by atoms with Crippen LogP contribution >= 0.6 is 0 Å². The molecule has 0 unspecified atom stereocenters. The molecule has 2 rings (SSSR count). The molecule has 0 bridgehead atoms. The van der Waals surface area contributed by atoms with Crippen LogP contribution in [-0.2, 0) is 6.42 Å². The van der Waals surface area contributed by atoms with Crippen LogP contribution in [-0.4, -0.2) is 22.6 Å². The van der Waals surface area contributed by atoms with Crippen molar-refractivity contribution < 1.29 is 4.74 Å². The fourth-order valence-corrected chi connectivity index (χ4v) is 1.89. The number of aromatic nitrogens is 2. The number of nitrogens with zero attached hydrogens (tertiary/aromatic N) is 2. The number of nitrogens with one attached hydrogen (secondary N) is 1. The lowest BCUT2D eigenvalue weighted by Crippen LogP contribution is -2.19. The highest BCUT2D eigenvalue weighted by Gasteiger charge is 2.20. The lowest BCUT2D eigenvalue weighted by Gasteiger charge is -2.22. The Balaban J connectivity index is 2.42. The van der Waals surface area contributed by atoms with Gasteiger partial charge in [-0.3, -0.25) is 0 Å². The van der Waals surface area contributed by atoms with Crippen molar-refractivity contribution in [3.05, 3.63) is 11.4 Å². The summed E-state index contributed by atoms with van der Waals surface area (Å²) >= 11 is 0. The molecule has 1 aromatic rings. The maximum absolute atomic E-state index is 5.65. The number of ether oxygens (including phenoxy) is 1. The van der Waals surface area contributed by atoms with E-state index in [4.69, 9.17) is 4.74 Å². The summed E-state index contributed by atoms with van der Waals surface area (Å²) in [6.45, 7) is 9.20. The maximum Gasteiger partial charge on any atom is 0.222 e. The lowest BCUT2D eigenvalue weighted by molar-refractivity contribution is 0.274. The average molecular weight is 235 g/mol. The van der Waals surface area contributed by atoms with Crippen molar-refractivity contribution in [2.45, 2.75) is 52.5 Å². The van der Waals surface area contributed by atoms with Crippen molar-refractivity contribution in [3.8, 4) is 5.88 Å². The second-order valence-corrected chi connectivity index (χ2v) is 5.12. The van der Waals surface area contributed by atoms with Crippen molar-refractivity contribution in [2.24, 2.45) is 0 Å². The van der Waals surface area contributed by atoms with Crippen LogP contribution in [0.4, 0.5) is 5.82 Å². The lowest BCUT2D eigenvalue weighted by atomic mass is 10.1. The summed E-state index contributed by atoms with van der Waals surface area (Å²) in [4.78, 5) is 9.13. The number of hydrogen-bond acceptors (Lipinski definition) is 4. The van der Waals surface area contributed by atoms with Crippen LogP contribution in [0, 0.1) is 0 Å². The predicted octanol–water partition coefficient (Wildman–Crippen LogP) is 2.75. The third kappa shape index (κ3) is 2.68. The van der Waals surface area contributed by atoms with E-state index in [1.165, 1.54) is 0 Å². The summed E-state index contributed by atoms with van der Waals surface area (Å²) in [5.74, 6) is 2.90. The van der Waals surface area contributed by atoms with E-state index in [0.29, 0.717) is 12.0 Å². The Hall–Kier alpha value is -1.32. The normalized spacial score (nSPS) is 14.7. The predicted molar refractivity (Wildman–Crippen MR) is 68.7 cm³/mol. The summed E-state index contributed by atoms with van der Waals surface area (Å²) in [5, 5.41) is 3.40. The van der Waals surface area contributed by atoms with Crippen LogP contribution in [0.2, 0.25) is 0 Å². The monoisotopic (exact) mass is 235 g/mol. The Morgan fingerprint density at radius 1 is 1.18 bits per heavy atom. The minimum Gasteiger partial charge on any atom is -0.477 e. The number of rotatable bonds is 3. The molecule has 4 nitrogen and oxygen atoms in total. The number of fused-ring (bicyclic) bond motifs is 1. The topological polar surface area (TPSA) is 47.0 Å². The molecule has 0 saturated carbocycles. The second kappa shape index (κ2) is 4.90. The molecule has 2 heterocycles. The van der Waals surface area contributed by atoms with E-state index < -0.39 is 0 Å². The molecule has 0 fully saturated rings. The third-order valence-corrected chi connectivity index (χ3v) is 2.74. The van der Waals surface area contributed by atoms with Crippen molar-refractivity contribution in [1.82, 2.24) is 9.97 Å². The first-order valence-corrected chi connectivity index (χ1v) is 6.38. The summed E-state index contributed by atoms with van der Waals surface area (Å²) in [5.41, 5.74) is 1.13. The SMILES string of the molecule is CC(C)Nc1nc(C(C)C)nc2c1CCCO2. The van der Waals surface area contributed by atoms with Gasteiger partial charge in [-0.25, -0.2) is 4.98 Å². The largest absolute Gasteiger partial charge is 0.477 e. The molecule has 1 aliphatic heterocycles. The van der Waals surface area contributed by atoms with Crippen molar-refractivity contribution in [1.29, 1.82) is 0 Å². The Morgan fingerprint density at radius 3 is 2.59 bits per heavy atom.